The number of thioether (sulfide) groups is 1. The molecule has 8 heteroatoms. The molecule has 0 heterocycles. The lowest BCUT2D eigenvalue weighted by Gasteiger charge is -2.18. The van der Waals surface area contributed by atoms with Gasteiger partial charge in [-0.15, -0.1) is 11.8 Å². The molecule has 1 aliphatic rings. The third kappa shape index (κ3) is 4.32. The first kappa shape index (κ1) is 17.8. The van der Waals surface area contributed by atoms with E-state index in [9.17, 15) is 18.5 Å². The monoisotopic (exact) mass is 378 g/mol. The van der Waals surface area contributed by atoms with Crippen molar-refractivity contribution in [3.8, 4) is 0 Å². The quantitative estimate of drug-likeness (QED) is 0.583. The van der Waals surface area contributed by atoms with Gasteiger partial charge >= 0.3 is 0 Å². The number of nitrogens with zero attached hydrogens (tertiary/aromatic N) is 1. The largest absolute Gasteiger partial charge is 0.383 e. The molecule has 0 saturated heterocycles. The first-order chi connectivity index (χ1) is 11.8. The number of nitro groups is 1. The molecular weight excluding hydrogens is 360 g/mol. The molecule has 25 heavy (non-hydrogen) atoms. The molecular formula is C17H18N2O4S2. The molecule has 0 atom stereocenters. The summed E-state index contributed by atoms with van der Waals surface area (Å²) in [6.07, 6.45) is 3.14. The standard InChI is InChI=1S/C17H18N2O4S2/c1-25(22,23)16-11-13(19(20)21)7-8-15(16)18-12-17(9-10-17)24-14-5-3-2-4-6-14/h2-8,11,18H,9-10,12H2,1H3. The summed E-state index contributed by atoms with van der Waals surface area (Å²) in [4.78, 5) is 11.5. The van der Waals surface area contributed by atoms with Gasteiger partial charge in [0.05, 0.1) is 15.5 Å². The highest BCUT2D eigenvalue weighted by Gasteiger charge is 2.43. The lowest BCUT2D eigenvalue weighted by molar-refractivity contribution is -0.385. The Bertz CT molecular complexity index is 894. The molecule has 132 valence electrons. The number of benzene rings is 2. The maximum atomic E-state index is 12.0. The van der Waals surface area contributed by atoms with Crippen LogP contribution in [0.1, 0.15) is 12.8 Å². The minimum atomic E-state index is -3.57. The highest BCUT2D eigenvalue weighted by molar-refractivity contribution is 8.01. The van der Waals surface area contributed by atoms with Gasteiger partial charge in [-0.25, -0.2) is 8.42 Å². The molecule has 2 aromatic rings. The smallest absolute Gasteiger partial charge is 0.270 e. The van der Waals surface area contributed by atoms with Gasteiger partial charge in [0, 0.05) is 34.6 Å². The van der Waals surface area contributed by atoms with Gasteiger partial charge in [-0.2, -0.15) is 0 Å². The molecule has 0 radical (unpaired) electrons. The highest BCUT2D eigenvalue weighted by atomic mass is 32.2. The Kier molecular flexibility index (Phi) is 4.75. The van der Waals surface area contributed by atoms with Crippen LogP contribution >= 0.6 is 11.8 Å². The van der Waals surface area contributed by atoms with E-state index in [0.717, 1.165) is 25.2 Å². The second-order valence-electron chi connectivity index (χ2n) is 6.16. The second kappa shape index (κ2) is 6.68. The van der Waals surface area contributed by atoms with Crippen LogP contribution in [-0.2, 0) is 9.84 Å². The molecule has 0 aliphatic heterocycles. The molecule has 2 aromatic carbocycles. The van der Waals surface area contributed by atoms with Crippen molar-refractivity contribution in [2.75, 3.05) is 18.1 Å². The number of rotatable bonds is 7. The SMILES string of the molecule is CS(=O)(=O)c1cc([N+](=O)[O-])ccc1NCC1(Sc2ccccc2)CC1. The molecule has 0 spiro atoms. The summed E-state index contributed by atoms with van der Waals surface area (Å²) < 4.78 is 24.0. The number of hydrogen-bond donors (Lipinski definition) is 1. The van der Waals surface area contributed by atoms with Crippen LogP contribution in [0.15, 0.2) is 58.3 Å². The van der Waals surface area contributed by atoms with Crippen molar-refractivity contribution >= 4 is 33.0 Å². The molecule has 0 unspecified atom stereocenters. The Morgan fingerprint density at radius 3 is 2.44 bits per heavy atom. The summed E-state index contributed by atoms with van der Waals surface area (Å²) in [6.45, 7) is 0.604. The Balaban J connectivity index is 1.78. The second-order valence-corrected chi connectivity index (χ2v) is 9.69. The topological polar surface area (TPSA) is 89.3 Å². The van der Waals surface area contributed by atoms with Gasteiger partial charge in [-0.1, -0.05) is 18.2 Å². The number of non-ortho nitro benzene ring substituents is 1. The van der Waals surface area contributed by atoms with E-state index in [2.05, 4.69) is 17.4 Å². The molecule has 1 fully saturated rings. The minimum absolute atomic E-state index is 0.0396. The van der Waals surface area contributed by atoms with Crippen molar-refractivity contribution in [1.29, 1.82) is 0 Å². The average molecular weight is 378 g/mol. The van der Waals surface area contributed by atoms with Gasteiger partial charge in [0.25, 0.3) is 5.69 Å². The van der Waals surface area contributed by atoms with E-state index in [-0.39, 0.29) is 15.3 Å². The van der Waals surface area contributed by atoms with Crippen LogP contribution in [0.4, 0.5) is 11.4 Å². The van der Waals surface area contributed by atoms with Crippen molar-refractivity contribution in [2.24, 2.45) is 0 Å². The van der Waals surface area contributed by atoms with Crippen LogP contribution in [0, 0.1) is 10.1 Å². The van der Waals surface area contributed by atoms with Crippen molar-refractivity contribution in [3.05, 3.63) is 58.6 Å². The van der Waals surface area contributed by atoms with Crippen LogP contribution in [-0.4, -0.2) is 30.9 Å². The fourth-order valence-electron chi connectivity index (χ4n) is 2.53. The van der Waals surface area contributed by atoms with E-state index < -0.39 is 14.8 Å². The molecule has 1 N–H and O–H groups in total. The van der Waals surface area contributed by atoms with Crippen LogP contribution in [0.5, 0.6) is 0 Å². The van der Waals surface area contributed by atoms with Gasteiger partial charge < -0.3 is 5.32 Å². The number of nitrogens with one attached hydrogen (secondary N) is 1. The summed E-state index contributed by atoms with van der Waals surface area (Å²) in [5.74, 6) is 0. The van der Waals surface area contributed by atoms with E-state index in [4.69, 9.17) is 0 Å². The van der Waals surface area contributed by atoms with Crippen LogP contribution in [0.2, 0.25) is 0 Å². The van der Waals surface area contributed by atoms with Crippen molar-refractivity contribution < 1.29 is 13.3 Å². The molecule has 0 amide bonds. The van der Waals surface area contributed by atoms with E-state index in [1.54, 1.807) is 11.8 Å². The fraction of sp³-hybridized carbons (Fsp3) is 0.294. The first-order valence-electron chi connectivity index (χ1n) is 7.76. The molecule has 1 aliphatic carbocycles. The Hall–Kier alpha value is -2.06. The maximum absolute atomic E-state index is 12.0. The first-order valence-corrected chi connectivity index (χ1v) is 10.5. The normalized spacial score (nSPS) is 15.6. The van der Waals surface area contributed by atoms with Crippen molar-refractivity contribution in [2.45, 2.75) is 27.4 Å². The van der Waals surface area contributed by atoms with E-state index in [0.29, 0.717) is 12.2 Å². The third-order valence-corrected chi connectivity index (χ3v) is 6.69. The van der Waals surface area contributed by atoms with Crippen molar-refractivity contribution in [3.63, 3.8) is 0 Å². The van der Waals surface area contributed by atoms with Gasteiger partial charge in [0.1, 0.15) is 0 Å². The maximum Gasteiger partial charge on any atom is 0.270 e. The van der Waals surface area contributed by atoms with E-state index in [1.807, 2.05) is 18.2 Å². The van der Waals surface area contributed by atoms with Crippen LogP contribution < -0.4 is 5.32 Å². The summed E-state index contributed by atoms with van der Waals surface area (Å²) >= 11 is 1.78. The zero-order valence-corrected chi connectivity index (χ0v) is 15.3. The molecule has 6 nitrogen and oxygen atoms in total. The van der Waals surface area contributed by atoms with Gasteiger partial charge in [0.2, 0.25) is 0 Å². The summed E-state index contributed by atoms with van der Waals surface area (Å²) in [5.41, 5.74) is 0.179. The summed E-state index contributed by atoms with van der Waals surface area (Å²) in [6, 6.07) is 14.0. The fourth-order valence-corrected chi connectivity index (χ4v) is 4.64. The minimum Gasteiger partial charge on any atom is -0.383 e. The third-order valence-electron chi connectivity index (χ3n) is 4.06. The molecule has 0 aromatic heterocycles. The molecule has 3 rings (SSSR count). The zero-order valence-electron chi connectivity index (χ0n) is 13.6. The lowest BCUT2D eigenvalue weighted by atomic mass is 10.2. The number of hydrogen-bond acceptors (Lipinski definition) is 6. The number of sulfone groups is 1. The Morgan fingerprint density at radius 2 is 1.88 bits per heavy atom. The number of nitro benzene ring substituents is 1. The van der Waals surface area contributed by atoms with Crippen LogP contribution in [0.25, 0.3) is 0 Å². The predicted octanol–water partition coefficient (Wildman–Crippen LogP) is 3.74. The van der Waals surface area contributed by atoms with E-state index >= 15 is 0 Å². The number of anilines is 1. The molecule has 1 saturated carbocycles. The van der Waals surface area contributed by atoms with Gasteiger partial charge in [-0.05, 0) is 31.0 Å². The van der Waals surface area contributed by atoms with Gasteiger partial charge in [-0.3, -0.25) is 10.1 Å². The molecule has 0 bridgehead atoms. The lowest BCUT2D eigenvalue weighted by Crippen LogP contribution is -2.19. The van der Waals surface area contributed by atoms with Crippen molar-refractivity contribution in [1.82, 2.24) is 0 Å². The average Bonchev–Trinajstić information content (AvgIpc) is 3.32. The Labute approximate surface area is 150 Å². The van der Waals surface area contributed by atoms with Gasteiger partial charge in [0.15, 0.2) is 9.84 Å². The zero-order chi connectivity index (χ0) is 18.1. The van der Waals surface area contributed by atoms with Crippen LogP contribution in [0.3, 0.4) is 0 Å². The highest BCUT2D eigenvalue weighted by Crippen LogP contribution is 2.51. The summed E-state index contributed by atoms with van der Waals surface area (Å²) in [7, 11) is -3.57. The Morgan fingerprint density at radius 1 is 1.20 bits per heavy atom. The predicted molar refractivity (Wildman–Crippen MR) is 99.0 cm³/mol. The van der Waals surface area contributed by atoms with E-state index in [1.165, 1.54) is 17.0 Å². The summed E-state index contributed by atoms with van der Waals surface area (Å²) in [5, 5.41) is 14.1.